The molecule has 1 heterocycles. The number of aromatic hydroxyl groups is 1. The van der Waals surface area contributed by atoms with Gasteiger partial charge in [0.15, 0.2) is 5.11 Å². The molecule has 1 aliphatic carbocycles. The van der Waals surface area contributed by atoms with E-state index in [0.717, 1.165) is 25.7 Å². The van der Waals surface area contributed by atoms with Crippen molar-refractivity contribution in [1.29, 1.82) is 0 Å². The quantitative estimate of drug-likeness (QED) is 0.570. The number of thiocarbonyl (C=S) groups is 1. The molecule has 1 saturated heterocycles. The predicted molar refractivity (Wildman–Crippen MR) is 88.5 cm³/mol. The Morgan fingerprint density at radius 2 is 1.95 bits per heavy atom. The molecule has 0 unspecified atom stereocenters. The summed E-state index contributed by atoms with van der Waals surface area (Å²) in [7, 11) is -3.51. The molecule has 0 radical (unpaired) electrons. The summed E-state index contributed by atoms with van der Waals surface area (Å²) in [6, 6.07) is 4.62. The van der Waals surface area contributed by atoms with Crippen LogP contribution in [0, 0.1) is 0 Å². The van der Waals surface area contributed by atoms with Crippen molar-refractivity contribution in [3.8, 4) is 5.75 Å². The maximum Gasteiger partial charge on any atom is 0.243 e. The van der Waals surface area contributed by atoms with Crippen LogP contribution < -0.4 is 10.6 Å². The molecule has 3 N–H and O–H groups in total. The van der Waals surface area contributed by atoms with Gasteiger partial charge in [-0.2, -0.15) is 4.31 Å². The van der Waals surface area contributed by atoms with Crippen LogP contribution >= 0.6 is 12.2 Å². The predicted octanol–water partition coefficient (Wildman–Crippen LogP) is 1.63. The largest absolute Gasteiger partial charge is 0.506 e. The highest BCUT2D eigenvalue weighted by Gasteiger charge is 2.28. The van der Waals surface area contributed by atoms with Crippen molar-refractivity contribution in [2.75, 3.05) is 18.4 Å². The Morgan fingerprint density at radius 3 is 2.59 bits per heavy atom. The molecule has 0 aromatic heterocycles. The number of benzene rings is 1. The second kappa shape index (κ2) is 6.02. The SMILES string of the molecule is O=S(=O)(c1ccc(O)c(NC(=S)NC2CC2)c1)N1CCCC1. The summed E-state index contributed by atoms with van der Waals surface area (Å²) in [6.45, 7) is 1.10. The molecule has 1 aliphatic heterocycles. The second-order valence-corrected chi connectivity index (χ2v) is 8.01. The van der Waals surface area contributed by atoms with Gasteiger partial charge >= 0.3 is 0 Å². The minimum atomic E-state index is -3.51. The van der Waals surface area contributed by atoms with Gasteiger partial charge in [-0.05, 0) is 56.1 Å². The summed E-state index contributed by atoms with van der Waals surface area (Å²) < 4.78 is 26.6. The number of phenols is 1. The Hall–Kier alpha value is -1.38. The molecule has 3 rings (SSSR count). The zero-order valence-corrected chi connectivity index (χ0v) is 13.7. The molecule has 8 heteroatoms. The van der Waals surface area contributed by atoms with Gasteiger partial charge in [0.2, 0.25) is 10.0 Å². The highest BCUT2D eigenvalue weighted by atomic mass is 32.2. The minimum absolute atomic E-state index is 0.0275. The summed E-state index contributed by atoms with van der Waals surface area (Å²) in [4.78, 5) is 0.170. The van der Waals surface area contributed by atoms with Gasteiger partial charge in [0.05, 0.1) is 10.6 Å². The topological polar surface area (TPSA) is 81.7 Å². The van der Waals surface area contributed by atoms with Gasteiger partial charge in [0.25, 0.3) is 0 Å². The molecule has 6 nitrogen and oxygen atoms in total. The third-order valence-corrected chi connectivity index (χ3v) is 5.95. The molecule has 0 spiro atoms. The Kier molecular flexibility index (Phi) is 4.24. The molecule has 2 aliphatic rings. The van der Waals surface area contributed by atoms with E-state index in [1.165, 1.54) is 22.5 Å². The summed E-state index contributed by atoms with van der Waals surface area (Å²) in [6.07, 6.45) is 3.93. The zero-order chi connectivity index (χ0) is 15.7. The van der Waals surface area contributed by atoms with E-state index in [4.69, 9.17) is 12.2 Å². The summed E-state index contributed by atoms with van der Waals surface area (Å²) in [5, 5.41) is 16.3. The van der Waals surface area contributed by atoms with Crippen LogP contribution in [-0.4, -0.2) is 42.1 Å². The average molecular weight is 341 g/mol. The number of nitrogens with one attached hydrogen (secondary N) is 2. The molecule has 1 aromatic carbocycles. The number of sulfonamides is 1. The Labute approximate surface area is 135 Å². The maximum atomic E-state index is 12.5. The van der Waals surface area contributed by atoms with Crippen molar-refractivity contribution in [2.45, 2.75) is 36.6 Å². The first-order valence-electron chi connectivity index (χ1n) is 7.37. The normalized spacial score (nSPS) is 19.1. The number of hydrogen-bond donors (Lipinski definition) is 3. The van der Waals surface area contributed by atoms with Crippen LogP contribution in [0.4, 0.5) is 5.69 Å². The first-order valence-corrected chi connectivity index (χ1v) is 9.22. The molecule has 1 saturated carbocycles. The van der Waals surface area contributed by atoms with Crippen LogP contribution in [0.25, 0.3) is 0 Å². The van der Waals surface area contributed by atoms with E-state index in [2.05, 4.69) is 10.6 Å². The third-order valence-electron chi connectivity index (χ3n) is 3.83. The van der Waals surface area contributed by atoms with Gasteiger partial charge in [-0.15, -0.1) is 0 Å². The monoisotopic (exact) mass is 341 g/mol. The highest BCUT2D eigenvalue weighted by molar-refractivity contribution is 7.89. The van der Waals surface area contributed by atoms with Crippen molar-refractivity contribution in [2.24, 2.45) is 0 Å². The minimum Gasteiger partial charge on any atom is -0.506 e. The lowest BCUT2D eigenvalue weighted by atomic mass is 10.3. The lowest BCUT2D eigenvalue weighted by Crippen LogP contribution is -2.30. The van der Waals surface area contributed by atoms with Gasteiger partial charge in [-0.25, -0.2) is 8.42 Å². The van der Waals surface area contributed by atoms with E-state index < -0.39 is 10.0 Å². The van der Waals surface area contributed by atoms with Gasteiger partial charge in [0, 0.05) is 19.1 Å². The first-order chi connectivity index (χ1) is 10.5. The number of rotatable bonds is 4. The van der Waals surface area contributed by atoms with Gasteiger partial charge in [-0.1, -0.05) is 0 Å². The fourth-order valence-electron chi connectivity index (χ4n) is 2.42. The standard InChI is InChI=1S/C14H19N3O3S2/c18-13-6-5-11(22(19,20)17-7-1-2-8-17)9-12(13)16-14(21)15-10-3-4-10/h5-6,9-10,18H,1-4,7-8H2,(H2,15,16,21). The summed E-state index contributed by atoms with van der Waals surface area (Å²) in [5.74, 6) is -0.0275. The van der Waals surface area contributed by atoms with E-state index in [-0.39, 0.29) is 10.6 Å². The van der Waals surface area contributed by atoms with Crippen molar-refractivity contribution in [3.05, 3.63) is 18.2 Å². The molecule has 22 heavy (non-hydrogen) atoms. The van der Waals surface area contributed by atoms with Gasteiger partial charge in [-0.3, -0.25) is 0 Å². The molecule has 0 bridgehead atoms. The van der Waals surface area contributed by atoms with Crippen LogP contribution in [-0.2, 0) is 10.0 Å². The van der Waals surface area contributed by atoms with Crippen molar-refractivity contribution in [3.63, 3.8) is 0 Å². The number of phenolic OH excluding ortho intramolecular Hbond substituents is 1. The molecule has 2 fully saturated rings. The number of hydrogen-bond acceptors (Lipinski definition) is 4. The van der Waals surface area contributed by atoms with E-state index >= 15 is 0 Å². The van der Waals surface area contributed by atoms with Gasteiger partial charge in [0.1, 0.15) is 5.75 Å². The zero-order valence-electron chi connectivity index (χ0n) is 12.1. The third kappa shape index (κ3) is 3.34. The van der Waals surface area contributed by atoms with E-state index in [1.54, 1.807) is 0 Å². The first kappa shape index (κ1) is 15.5. The fraction of sp³-hybridized carbons (Fsp3) is 0.500. The Morgan fingerprint density at radius 1 is 1.27 bits per heavy atom. The van der Waals surface area contributed by atoms with Crippen LogP contribution in [0.3, 0.4) is 0 Å². The Bertz CT molecular complexity index is 681. The molecule has 0 amide bonds. The number of anilines is 1. The molecule has 1 aromatic rings. The molecule has 0 atom stereocenters. The fourth-order valence-corrected chi connectivity index (χ4v) is 4.25. The van der Waals surface area contributed by atoms with Crippen LogP contribution in [0.5, 0.6) is 5.75 Å². The second-order valence-electron chi connectivity index (χ2n) is 5.66. The van der Waals surface area contributed by atoms with Crippen LogP contribution in [0.15, 0.2) is 23.1 Å². The highest BCUT2D eigenvalue weighted by Crippen LogP contribution is 2.29. The van der Waals surface area contributed by atoms with Crippen molar-refractivity contribution >= 4 is 33.0 Å². The lowest BCUT2D eigenvalue weighted by molar-refractivity contribution is 0.473. The molecular formula is C14H19N3O3S2. The number of nitrogens with zero attached hydrogens (tertiary/aromatic N) is 1. The van der Waals surface area contributed by atoms with Crippen molar-refractivity contribution in [1.82, 2.24) is 9.62 Å². The average Bonchev–Trinajstić information content (AvgIpc) is 3.09. The van der Waals surface area contributed by atoms with Gasteiger partial charge < -0.3 is 15.7 Å². The summed E-state index contributed by atoms with van der Waals surface area (Å²) in [5.41, 5.74) is 0.304. The van der Waals surface area contributed by atoms with E-state index in [0.29, 0.717) is 29.9 Å². The molecule has 120 valence electrons. The smallest absolute Gasteiger partial charge is 0.243 e. The Balaban J connectivity index is 1.80. The van der Waals surface area contributed by atoms with Crippen LogP contribution in [0.2, 0.25) is 0 Å². The molecular weight excluding hydrogens is 322 g/mol. The maximum absolute atomic E-state index is 12.5. The lowest BCUT2D eigenvalue weighted by Gasteiger charge is -2.17. The van der Waals surface area contributed by atoms with Crippen LogP contribution in [0.1, 0.15) is 25.7 Å². The van der Waals surface area contributed by atoms with Crippen molar-refractivity contribution < 1.29 is 13.5 Å². The van der Waals surface area contributed by atoms with E-state index in [1.807, 2.05) is 0 Å². The van der Waals surface area contributed by atoms with E-state index in [9.17, 15) is 13.5 Å². The summed E-state index contributed by atoms with van der Waals surface area (Å²) >= 11 is 5.16.